The summed E-state index contributed by atoms with van der Waals surface area (Å²) in [6.07, 6.45) is -8.89. The average molecular weight is 658 g/mol. The van der Waals surface area contributed by atoms with E-state index in [1.165, 1.54) is 7.11 Å². The van der Waals surface area contributed by atoms with E-state index < -0.39 is 48.8 Å². The minimum absolute atomic E-state index is 0. The Balaban J connectivity index is -0.000000884. The molecule has 2 amide bonds. The van der Waals surface area contributed by atoms with Crippen LogP contribution in [0.1, 0.15) is 94.9 Å². The maximum Gasteiger partial charge on any atom is 0.224 e. The van der Waals surface area contributed by atoms with Crippen LogP contribution in [0, 0.1) is 11.3 Å². The molecule has 0 aromatic rings. The quantitative estimate of drug-likeness (QED) is 0.0779. The fourth-order valence-corrected chi connectivity index (χ4v) is 4.01. The first kappa shape index (κ1) is 47.9. The highest BCUT2D eigenvalue weighted by Crippen LogP contribution is 2.27. The Bertz CT molecular complexity index is 777. The maximum absolute atomic E-state index is 12.3. The molecule has 0 fully saturated rings. The summed E-state index contributed by atoms with van der Waals surface area (Å²) in [5, 5.41) is 85.1. The lowest BCUT2D eigenvalue weighted by atomic mass is 9.82. The van der Waals surface area contributed by atoms with Crippen LogP contribution in [0.5, 0.6) is 0 Å². The number of nitrogens with one attached hydrogen (secondary N) is 3. The predicted molar refractivity (Wildman–Crippen MR) is 173 cm³/mol. The molecule has 14 heteroatoms. The zero-order valence-electron chi connectivity index (χ0n) is 28.2. The van der Waals surface area contributed by atoms with Crippen LogP contribution in [0.3, 0.4) is 0 Å². The van der Waals surface area contributed by atoms with Gasteiger partial charge in [0.25, 0.3) is 0 Å². The molecule has 5 unspecified atom stereocenters. The zero-order valence-corrected chi connectivity index (χ0v) is 28.2. The van der Waals surface area contributed by atoms with Crippen molar-refractivity contribution in [2.75, 3.05) is 26.9 Å². The zero-order chi connectivity index (χ0) is 34.8. The number of aliphatic hydroxyl groups excluding tert-OH is 8. The van der Waals surface area contributed by atoms with Gasteiger partial charge in [0.15, 0.2) is 0 Å². The van der Waals surface area contributed by atoms with Gasteiger partial charge in [0.05, 0.1) is 24.4 Å². The van der Waals surface area contributed by atoms with Crippen molar-refractivity contribution in [1.82, 2.24) is 16.0 Å². The second-order valence-electron chi connectivity index (χ2n) is 13.5. The highest BCUT2D eigenvalue weighted by molar-refractivity contribution is 5.80. The Morgan fingerprint density at radius 2 is 1.11 bits per heavy atom. The number of carbonyl (C=O) groups excluding carboxylic acids is 2. The van der Waals surface area contributed by atoms with Gasteiger partial charge in [0.2, 0.25) is 11.8 Å². The van der Waals surface area contributed by atoms with Gasteiger partial charge in [0, 0.05) is 38.1 Å². The predicted octanol–water partition coefficient (Wildman–Crippen LogP) is -0.627. The van der Waals surface area contributed by atoms with Crippen LogP contribution in [0.15, 0.2) is 0 Å². The summed E-state index contributed by atoms with van der Waals surface area (Å²) in [5.41, 5.74) is -0.267. The number of aliphatic hydroxyl groups is 8. The summed E-state index contributed by atoms with van der Waals surface area (Å²) in [5.74, 6) is -0.926. The molecule has 0 aliphatic rings. The van der Waals surface area contributed by atoms with Gasteiger partial charge in [-0.05, 0) is 51.9 Å². The van der Waals surface area contributed by atoms with E-state index in [0.29, 0.717) is 19.3 Å². The van der Waals surface area contributed by atoms with Crippen molar-refractivity contribution in [2.24, 2.45) is 11.3 Å². The number of β-amino-alcohol motifs (C(OH)–C–C–N with tert-alkyl or cyclic N) is 1. The smallest absolute Gasteiger partial charge is 0.224 e. The standard InChI is InChI=1S/C19H38N2O7.C11H25NO4.CH4/c1-6-13(22)16(25)17(26)14(23)10-20-15(24)8-7-12(9-19(2,3)4)18(27)21-11-28-5;1-5-7(13)9(15)10(16)8(14)6-12-11(2,3)4;/h12-14,16-17,22-23,25-26H,6-11H2,1-5H3,(H,20,24)(H,21,27);7-10,12-16H,5-6H2,1-4H3;1H4/t;7-,8+,9-,10-;/m.1./s1. The van der Waals surface area contributed by atoms with Crippen molar-refractivity contribution in [3.05, 3.63) is 0 Å². The molecule has 0 bridgehead atoms. The molecule has 0 aliphatic carbocycles. The van der Waals surface area contributed by atoms with Crippen LogP contribution in [0.2, 0.25) is 0 Å². The van der Waals surface area contributed by atoms with Crippen LogP contribution in [0.4, 0.5) is 0 Å². The van der Waals surface area contributed by atoms with Crippen molar-refractivity contribution in [1.29, 1.82) is 0 Å². The molecule has 0 aromatic carbocycles. The van der Waals surface area contributed by atoms with Crippen LogP contribution >= 0.6 is 0 Å². The summed E-state index contributed by atoms with van der Waals surface area (Å²) in [6, 6.07) is 0. The van der Waals surface area contributed by atoms with E-state index in [-0.39, 0.29) is 68.8 Å². The van der Waals surface area contributed by atoms with E-state index in [1.807, 2.05) is 41.5 Å². The van der Waals surface area contributed by atoms with Gasteiger partial charge in [-0.15, -0.1) is 0 Å². The number of hydrogen-bond acceptors (Lipinski definition) is 12. The van der Waals surface area contributed by atoms with E-state index in [9.17, 15) is 50.4 Å². The number of rotatable bonds is 19. The molecule has 45 heavy (non-hydrogen) atoms. The molecule has 11 N–H and O–H groups in total. The Morgan fingerprint density at radius 1 is 0.689 bits per heavy atom. The van der Waals surface area contributed by atoms with Gasteiger partial charge >= 0.3 is 0 Å². The van der Waals surface area contributed by atoms with Crippen LogP contribution in [0.25, 0.3) is 0 Å². The van der Waals surface area contributed by atoms with Gasteiger partial charge in [0.1, 0.15) is 31.1 Å². The van der Waals surface area contributed by atoms with Gasteiger partial charge in [-0.3, -0.25) is 9.59 Å². The van der Waals surface area contributed by atoms with E-state index in [4.69, 9.17) is 4.74 Å². The largest absolute Gasteiger partial charge is 0.390 e. The van der Waals surface area contributed by atoms with Gasteiger partial charge in [-0.25, -0.2) is 0 Å². The molecular formula is C31H67N3O11. The van der Waals surface area contributed by atoms with Gasteiger partial charge in [-0.1, -0.05) is 42.0 Å². The molecular weight excluding hydrogens is 590 g/mol. The van der Waals surface area contributed by atoms with Crippen molar-refractivity contribution < 1.29 is 55.2 Å². The molecule has 0 spiro atoms. The molecule has 0 heterocycles. The van der Waals surface area contributed by atoms with Crippen LogP contribution < -0.4 is 16.0 Å². The van der Waals surface area contributed by atoms with E-state index in [1.54, 1.807) is 13.8 Å². The summed E-state index contributed by atoms with van der Waals surface area (Å²) in [4.78, 5) is 24.3. The Labute approximate surface area is 270 Å². The third-order valence-corrected chi connectivity index (χ3v) is 6.80. The SMILES string of the molecule is C.CCC(O)C(O)C(O)C(O)CNC(=O)CCC(CC(C)(C)C)C(=O)NCOC.CC[C@@H](O)[C@@H](O)[C@H](O)[C@@H](O)CNC(C)(C)C. The van der Waals surface area contributed by atoms with Crippen LogP contribution in [-0.2, 0) is 14.3 Å². The first-order valence-corrected chi connectivity index (χ1v) is 15.3. The molecule has 0 saturated heterocycles. The maximum atomic E-state index is 12.3. The lowest BCUT2D eigenvalue weighted by Gasteiger charge is -2.29. The molecule has 9 atom stereocenters. The Hall–Kier alpha value is -1.46. The third-order valence-electron chi connectivity index (χ3n) is 6.80. The molecule has 0 rings (SSSR count). The molecule has 0 saturated carbocycles. The minimum Gasteiger partial charge on any atom is -0.390 e. The first-order chi connectivity index (χ1) is 20.1. The van der Waals surface area contributed by atoms with Gasteiger partial charge in [-0.2, -0.15) is 0 Å². The molecule has 272 valence electrons. The molecule has 0 radical (unpaired) electrons. The number of methoxy groups -OCH3 is 1. The number of hydrogen-bond donors (Lipinski definition) is 11. The lowest BCUT2D eigenvalue weighted by molar-refractivity contribution is -0.128. The lowest BCUT2D eigenvalue weighted by Crippen LogP contribution is -2.50. The third kappa shape index (κ3) is 22.7. The number of ether oxygens (including phenoxy) is 1. The normalized spacial score (nSPS) is 18.0. The minimum atomic E-state index is -1.58. The second kappa shape index (κ2) is 23.8. The highest BCUT2D eigenvalue weighted by atomic mass is 16.5. The Kier molecular flexibility index (Phi) is 25.4. The summed E-state index contributed by atoms with van der Waals surface area (Å²) in [7, 11) is 1.47. The number of amides is 2. The first-order valence-electron chi connectivity index (χ1n) is 15.3. The van der Waals surface area contributed by atoms with Crippen molar-refractivity contribution in [3.63, 3.8) is 0 Å². The topological polar surface area (TPSA) is 241 Å². The molecule has 0 aliphatic heterocycles. The monoisotopic (exact) mass is 657 g/mol. The van der Waals surface area contributed by atoms with Crippen molar-refractivity contribution in [2.45, 2.75) is 149 Å². The van der Waals surface area contributed by atoms with Gasteiger partial charge < -0.3 is 61.5 Å². The van der Waals surface area contributed by atoms with Crippen molar-refractivity contribution >= 4 is 11.8 Å². The average Bonchev–Trinajstić information content (AvgIpc) is 2.96. The van der Waals surface area contributed by atoms with E-state index in [2.05, 4.69) is 16.0 Å². The van der Waals surface area contributed by atoms with Crippen LogP contribution in [-0.4, -0.2) is 134 Å². The summed E-state index contributed by atoms with van der Waals surface area (Å²) < 4.78 is 4.85. The fraction of sp³-hybridized carbons (Fsp3) is 0.935. The summed E-state index contributed by atoms with van der Waals surface area (Å²) >= 11 is 0. The van der Waals surface area contributed by atoms with Crippen molar-refractivity contribution in [3.8, 4) is 0 Å². The van der Waals surface area contributed by atoms with E-state index in [0.717, 1.165) is 0 Å². The number of carbonyl (C=O) groups is 2. The second-order valence-corrected chi connectivity index (χ2v) is 13.5. The highest BCUT2D eigenvalue weighted by Gasteiger charge is 2.31. The summed E-state index contributed by atoms with van der Waals surface area (Å²) in [6.45, 7) is 15.2. The molecule has 14 nitrogen and oxygen atoms in total. The Morgan fingerprint density at radius 3 is 1.49 bits per heavy atom. The molecule has 0 aromatic heterocycles. The fourth-order valence-electron chi connectivity index (χ4n) is 4.01. The van der Waals surface area contributed by atoms with E-state index >= 15 is 0 Å².